The van der Waals surface area contributed by atoms with E-state index in [-0.39, 0.29) is 25.7 Å². The second kappa shape index (κ2) is 74.5. The van der Waals surface area contributed by atoms with Crippen molar-refractivity contribution < 1.29 is 80.2 Å². The first-order valence-corrected chi connectivity index (χ1v) is 46.0. The van der Waals surface area contributed by atoms with Crippen LogP contribution in [0.15, 0.2) is 0 Å². The van der Waals surface area contributed by atoms with Crippen molar-refractivity contribution in [1.29, 1.82) is 0 Å². The summed E-state index contributed by atoms with van der Waals surface area (Å²) < 4.78 is 68.7. The van der Waals surface area contributed by atoms with E-state index < -0.39 is 97.5 Å². The largest absolute Gasteiger partial charge is 0.472 e. The van der Waals surface area contributed by atoms with Gasteiger partial charge in [-0.1, -0.05) is 388 Å². The van der Waals surface area contributed by atoms with Gasteiger partial charge in [-0.25, -0.2) is 9.13 Å². The van der Waals surface area contributed by atoms with Gasteiger partial charge in [-0.2, -0.15) is 0 Å². The van der Waals surface area contributed by atoms with Crippen molar-refractivity contribution in [2.24, 2.45) is 11.8 Å². The van der Waals surface area contributed by atoms with Gasteiger partial charge in [0.15, 0.2) is 12.2 Å². The first kappa shape index (κ1) is 100. The second-order valence-electron chi connectivity index (χ2n) is 30.6. The first-order valence-electron chi connectivity index (χ1n) is 43.0. The topological polar surface area (TPSA) is 237 Å². The number of phosphoric acid groups is 2. The highest BCUT2D eigenvalue weighted by Crippen LogP contribution is 2.45. The summed E-state index contributed by atoms with van der Waals surface area (Å²) in [6, 6.07) is 0. The number of rotatable bonds is 82. The van der Waals surface area contributed by atoms with E-state index >= 15 is 0 Å². The van der Waals surface area contributed by atoms with E-state index in [1.165, 1.54) is 257 Å². The fourth-order valence-corrected chi connectivity index (χ4v) is 14.4. The maximum Gasteiger partial charge on any atom is 0.472 e. The Labute approximate surface area is 626 Å². The minimum atomic E-state index is -4.96. The molecule has 3 N–H and O–H groups in total. The van der Waals surface area contributed by atoms with Gasteiger partial charge in [-0.15, -0.1) is 0 Å². The Balaban J connectivity index is 5.20. The molecule has 0 heterocycles. The molecule has 6 atom stereocenters. The average Bonchev–Trinajstić information content (AvgIpc) is 0.911. The van der Waals surface area contributed by atoms with Crippen LogP contribution in [-0.2, 0) is 65.4 Å². The quantitative estimate of drug-likeness (QED) is 0.0222. The number of carbonyl (C=O) groups is 4. The molecule has 0 aromatic heterocycles. The van der Waals surface area contributed by atoms with E-state index in [4.69, 9.17) is 37.0 Å². The lowest BCUT2D eigenvalue weighted by atomic mass is 9.99. The maximum absolute atomic E-state index is 13.1. The zero-order valence-electron chi connectivity index (χ0n) is 66.9. The summed E-state index contributed by atoms with van der Waals surface area (Å²) in [5, 5.41) is 10.6. The molecule has 0 rings (SSSR count). The van der Waals surface area contributed by atoms with Crippen LogP contribution in [0.3, 0.4) is 0 Å². The normalized spacial score (nSPS) is 14.1. The van der Waals surface area contributed by atoms with Gasteiger partial charge in [0.05, 0.1) is 26.4 Å². The molecule has 0 aliphatic heterocycles. The van der Waals surface area contributed by atoms with Crippen molar-refractivity contribution in [2.45, 2.75) is 458 Å². The number of esters is 4. The smallest absolute Gasteiger partial charge is 0.462 e. The predicted molar refractivity (Wildman–Crippen MR) is 418 cm³/mol. The molecule has 0 bridgehead atoms. The van der Waals surface area contributed by atoms with Crippen LogP contribution in [0.4, 0.5) is 0 Å². The third-order valence-corrected chi connectivity index (χ3v) is 21.7. The highest BCUT2D eigenvalue weighted by Gasteiger charge is 2.30. The van der Waals surface area contributed by atoms with E-state index in [1.807, 2.05) is 0 Å². The van der Waals surface area contributed by atoms with Crippen LogP contribution in [0, 0.1) is 11.8 Å². The van der Waals surface area contributed by atoms with Gasteiger partial charge < -0.3 is 33.8 Å². The third-order valence-electron chi connectivity index (χ3n) is 19.8. The van der Waals surface area contributed by atoms with Crippen LogP contribution in [0.1, 0.15) is 440 Å². The zero-order valence-corrected chi connectivity index (χ0v) is 68.7. The van der Waals surface area contributed by atoms with Crippen LogP contribution in [0.2, 0.25) is 0 Å². The predicted octanol–water partition coefficient (Wildman–Crippen LogP) is 25.1. The lowest BCUT2D eigenvalue weighted by molar-refractivity contribution is -0.161. The summed E-state index contributed by atoms with van der Waals surface area (Å²) in [4.78, 5) is 73.0. The van der Waals surface area contributed by atoms with E-state index in [2.05, 4.69) is 41.5 Å². The standard InChI is InChI=1S/C83H162O17P2/c1-7-10-12-14-16-18-19-20-31-37-43-49-55-61-67-82(87)99-78(71-93-80(85)65-59-53-47-39-17-15-13-11-8-2)73-97-101(89,90)95-69-77(84)70-96-102(91,92)98-74-79(72-94-81(86)66-60-54-48-42-36-32-28-27-29-34-40-45-51-57-63-75(4)5)100-83(88)68-62-56-50-44-38-33-26-24-22-21-23-25-30-35-41-46-52-58-64-76(6)9-3/h75-79,84H,7-74H2,1-6H3,(H,89,90)(H,91,92)/t76?,77-,78+,79+/m0/s1. The van der Waals surface area contributed by atoms with Crippen molar-refractivity contribution in [1.82, 2.24) is 0 Å². The molecule has 0 saturated heterocycles. The average molecular weight is 1490 g/mol. The molecule has 3 unspecified atom stereocenters. The number of hydrogen-bond donors (Lipinski definition) is 3. The summed E-state index contributed by atoms with van der Waals surface area (Å²) in [6.45, 7) is 9.73. The number of ether oxygens (including phenoxy) is 4. The highest BCUT2D eigenvalue weighted by atomic mass is 31.2. The van der Waals surface area contributed by atoms with Gasteiger partial charge in [-0.05, 0) is 37.5 Å². The monoisotopic (exact) mass is 1490 g/mol. The summed E-state index contributed by atoms with van der Waals surface area (Å²) in [5.41, 5.74) is 0. The SMILES string of the molecule is CCCCCCCCCCCCCCCCC(=O)O[C@H](COC(=O)CCCCCCCCCCC)COP(=O)(O)OC[C@H](O)COP(=O)(O)OC[C@@H](COC(=O)CCCCCCCCCCCCCCCCC(C)C)OC(=O)CCCCCCCCCCCCCCCCCCCCC(C)CC. The number of aliphatic hydroxyl groups is 1. The summed E-state index contributed by atoms with van der Waals surface area (Å²) in [7, 11) is -9.92. The molecule has 17 nitrogen and oxygen atoms in total. The summed E-state index contributed by atoms with van der Waals surface area (Å²) in [5.74, 6) is -0.436. The van der Waals surface area contributed by atoms with Gasteiger partial charge in [0.1, 0.15) is 19.3 Å². The maximum atomic E-state index is 13.1. The fourth-order valence-electron chi connectivity index (χ4n) is 12.9. The van der Waals surface area contributed by atoms with Gasteiger partial charge in [0.2, 0.25) is 0 Å². The zero-order chi connectivity index (χ0) is 74.9. The molecule has 606 valence electrons. The molecule has 0 aromatic carbocycles. The van der Waals surface area contributed by atoms with Crippen molar-refractivity contribution in [3.63, 3.8) is 0 Å². The van der Waals surface area contributed by atoms with Crippen LogP contribution in [0.25, 0.3) is 0 Å². The van der Waals surface area contributed by atoms with Crippen LogP contribution < -0.4 is 0 Å². The Kier molecular flexibility index (Phi) is 73.1. The van der Waals surface area contributed by atoms with Crippen molar-refractivity contribution in [3.05, 3.63) is 0 Å². The molecule has 0 saturated carbocycles. The Morgan fingerprint density at radius 2 is 0.500 bits per heavy atom. The molecule has 0 spiro atoms. The molecule has 0 aliphatic rings. The number of aliphatic hydroxyl groups excluding tert-OH is 1. The van der Waals surface area contributed by atoms with Crippen molar-refractivity contribution in [2.75, 3.05) is 39.6 Å². The molecule has 0 amide bonds. The van der Waals surface area contributed by atoms with Crippen LogP contribution in [0.5, 0.6) is 0 Å². The Morgan fingerprint density at radius 1 is 0.284 bits per heavy atom. The summed E-state index contributed by atoms with van der Waals surface area (Å²) >= 11 is 0. The van der Waals surface area contributed by atoms with E-state index in [9.17, 15) is 43.2 Å². The minimum absolute atomic E-state index is 0.108. The Hall–Kier alpha value is -1.94. The number of carbonyl (C=O) groups excluding carboxylic acids is 4. The fraction of sp³-hybridized carbons (Fsp3) is 0.952. The van der Waals surface area contributed by atoms with E-state index in [0.29, 0.717) is 25.7 Å². The molecule has 19 heteroatoms. The van der Waals surface area contributed by atoms with Crippen molar-refractivity contribution >= 4 is 39.5 Å². The molecule has 102 heavy (non-hydrogen) atoms. The van der Waals surface area contributed by atoms with Gasteiger partial charge in [0.25, 0.3) is 0 Å². The Morgan fingerprint density at radius 3 is 0.745 bits per heavy atom. The van der Waals surface area contributed by atoms with Crippen LogP contribution in [-0.4, -0.2) is 96.7 Å². The molecule has 0 aromatic rings. The van der Waals surface area contributed by atoms with Crippen molar-refractivity contribution in [3.8, 4) is 0 Å². The molecular weight excluding hydrogens is 1330 g/mol. The molecule has 0 radical (unpaired) electrons. The minimum Gasteiger partial charge on any atom is -0.462 e. The third kappa shape index (κ3) is 74.9. The highest BCUT2D eigenvalue weighted by molar-refractivity contribution is 7.47. The molecule has 0 fully saturated rings. The molecule has 0 aliphatic carbocycles. The van der Waals surface area contributed by atoms with E-state index in [1.54, 1.807) is 0 Å². The van der Waals surface area contributed by atoms with Crippen LogP contribution >= 0.6 is 15.6 Å². The second-order valence-corrected chi connectivity index (χ2v) is 33.5. The molecular formula is C83H162O17P2. The van der Waals surface area contributed by atoms with Gasteiger partial charge in [0, 0.05) is 25.7 Å². The summed E-state index contributed by atoms with van der Waals surface area (Å²) in [6.07, 6.45) is 65.2. The number of hydrogen-bond acceptors (Lipinski definition) is 15. The van der Waals surface area contributed by atoms with Gasteiger partial charge >= 0.3 is 39.5 Å². The number of phosphoric ester groups is 2. The lowest BCUT2D eigenvalue weighted by Crippen LogP contribution is -2.30. The Bertz CT molecular complexity index is 1960. The van der Waals surface area contributed by atoms with E-state index in [0.717, 1.165) is 102 Å². The lowest BCUT2D eigenvalue weighted by Gasteiger charge is -2.21. The first-order chi connectivity index (χ1) is 49.4. The number of unbranched alkanes of at least 4 members (excludes halogenated alkanes) is 51. The van der Waals surface area contributed by atoms with Gasteiger partial charge in [-0.3, -0.25) is 37.3 Å².